The van der Waals surface area contributed by atoms with E-state index in [-0.39, 0.29) is 5.54 Å². The number of nitrogens with two attached hydrogens (primary N) is 1. The van der Waals surface area contributed by atoms with Crippen molar-refractivity contribution in [2.24, 2.45) is 16.6 Å². The monoisotopic (exact) mass is 254 g/mol. The molecule has 0 amide bonds. The van der Waals surface area contributed by atoms with Gasteiger partial charge in [0.1, 0.15) is 0 Å². The minimum absolute atomic E-state index is 0.00981. The summed E-state index contributed by atoms with van der Waals surface area (Å²) in [5, 5.41) is 3.21. The number of likely N-dealkylation sites (tertiary alicyclic amines) is 1. The smallest absolute Gasteiger partial charge is 0.188 e. The van der Waals surface area contributed by atoms with Gasteiger partial charge in [0.15, 0.2) is 5.96 Å². The Morgan fingerprint density at radius 2 is 2.11 bits per heavy atom. The third kappa shape index (κ3) is 5.71. The summed E-state index contributed by atoms with van der Waals surface area (Å²) < 4.78 is 0. The van der Waals surface area contributed by atoms with Gasteiger partial charge < -0.3 is 16.0 Å². The lowest BCUT2D eigenvalue weighted by molar-refractivity contribution is 0.143. The maximum Gasteiger partial charge on any atom is 0.188 e. The summed E-state index contributed by atoms with van der Waals surface area (Å²) in [5.41, 5.74) is 5.89. The summed E-state index contributed by atoms with van der Waals surface area (Å²) in [5.74, 6) is 1.23. The topological polar surface area (TPSA) is 53.6 Å². The molecule has 106 valence electrons. The molecule has 0 radical (unpaired) electrons. The molecule has 1 aliphatic heterocycles. The van der Waals surface area contributed by atoms with E-state index in [2.05, 4.69) is 49.8 Å². The Morgan fingerprint density at radius 3 is 2.67 bits per heavy atom. The summed E-state index contributed by atoms with van der Waals surface area (Å²) in [6.07, 6.45) is 2.56. The molecule has 0 aromatic carbocycles. The minimum atomic E-state index is -0.00981. The van der Waals surface area contributed by atoms with Crippen LogP contribution in [0.5, 0.6) is 0 Å². The zero-order valence-electron chi connectivity index (χ0n) is 12.7. The van der Waals surface area contributed by atoms with Crippen LogP contribution in [0.15, 0.2) is 4.99 Å². The molecule has 0 spiro atoms. The average Bonchev–Trinajstić information content (AvgIpc) is 2.24. The number of nitrogens with zero attached hydrogens (tertiary/aromatic N) is 2. The Hall–Kier alpha value is -0.770. The number of rotatable bonds is 3. The SMILES string of the molecule is CC(C)N1CCCC(CN=C(N)NC(C)(C)C)C1. The molecule has 1 fully saturated rings. The summed E-state index contributed by atoms with van der Waals surface area (Å²) in [7, 11) is 0. The highest BCUT2D eigenvalue weighted by Crippen LogP contribution is 2.18. The van der Waals surface area contributed by atoms with Crippen LogP contribution < -0.4 is 11.1 Å². The normalized spacial score (nSPS) is 23.4. The number of hydrogen-bond donors (Lipinski definition) is 2. The standard InChI is InChI=1S/C14H30N4/c1-11(2)18-8-6-7-12(10-18)9-16-13(15)17-14(3,4)5/h11-12H,6-10H2,1-5H3,(H3,15,16,17). The lowest BCUT2D eigenvalue weighted by Crippen LogP contribution is -2.45. The number of aliphatic imine (C=N–C) groups is 1. The van der Waals surface area contributed by atoms with Crippen molar-refractivity contribution in [3.05, 3.63) is 0 Å². The van der Waals surface area contributed by atoms with Crippen LogP contribution in [-0.4, -0.2) is 42.1 Å². The van der Waals surface area contributed by atoms with Crippen LogP contribution in [0.3, 0.4) is 0 Å². The van der Waals surface area contributed by atoms with Gasteiger partial charge in [-0.1, -0.05) is 0 Å². The van der Waals surface area contributed by atoms with E-state index in [0.29, 0.717) is 17.9 Å². The van der Waals surface area contributed by atoms with Gasteiger partial charge in [0.05, 0.1) is 0 Å². The van der Waals surface area contributed by atoms with E-state index in [4.69, 9.17) is 5.73 Å². The fourth-order valence-corrected chi connectivity index (χ4v) is 2.37. The summed E-state index contributed by atoms with van der Waals surface area (Å²) in [6.45, 7) is 14.0. The quantitative estimate of drug-likeness (QED) is 0.596. The van der Waals surface area contributed by atoms with Crippen molar-refractivity contribution in [1.29, 1.82) is 0 Å². The van der Waals surface area contributed by atoms with E-state index in [0.717, 1.165) is 13.1 Å². The molecule has 1 rings (SSSR count). The van der Waals surface area contributed by atoms with E-state index in [1.165, 1.54) is 19.4 Å². The molecule has 0 aliphatic carbocycles. The molecule has 1 aliphatic rings. The van der Waals surface area contributed by atoms with Gasteiger partial charge in [-0.3, -0.25) is 4.99 Å². The van der Waals surface area contributed by atoms with Crippen LogP contribution in [0, 0.1) is 5.92 Å². The molecule has 0 bridgehead atoms. The van der Waals surface area contributed by atoms with Gasteiger partial charge in [-0.05, 0) is 59.9 Å². The maximum absolute atomic E-state index is 5.90. The van der Waals surface area contributed by atoms with Crippen molar-refractivity contribution in [3.63, 3.8) is 0 Å². The zero-order chi connectivity index (χ0) is 13.8. The molecule has 1 unspecified atom stereocenters. The van der Waals surface area contributed by atoms with E-state index >= 15 is 0 Å². The second-order valence-electron chi connectivity index (χ2n) is 6.70. The molecule has 1 heterocycles. The van der Waals surface area contributed by atoms with Gasteiger partial charge in [-0.15, -0.1) is 0 Å². The van der Waals surface area contributed by atoms with Crippen molar-refractivity contribution >= 4 is 5.96 Å². The van der Waals surface area contributed by atoms with E-state index in [1.54, 1.807) is 0 Å². The van der Waals surface area contributed by atoms with Crippen LogP contribution in [0.25, 0.3) is 0 Å². The Bertz CT molecular complexity index is 278. The number of nitrogens with one attached hydrogen (secondary N) is 1. The molecule has 18 heavy (non-hydrogen) atoms. The van der Waals surface area contributed by atoms with Crippen molar-refractivity contribution in [2.45, 2.75) is 59.0 Å². The van der Waals surface area contributed by atoms with Crippen LogP contribution >= 0.6 is 0 Å². The highest BCUT2D eigenvalue weighted by molar-refractivity contribution is 5.78. The van der Waals surface area contributed by atoms with E-state index < -0.39 is 0 Å². The van der Waals surface area contributed by atoms with Gasteiger partial charge >= 0.3 is 0 Å². The van der Waals surface area contributed by atoms with Crippen molar-refractivity contribution in [3.8, 4) is 0 Å². The zero-order valence-corrected chi connectivity index (χ0v) is 12.7. The van der Waals surface area contributed by atoms with Gasteiger partial charge in [-0.25, -0.2) is 0 Å². The van der Waals surface area contributed by atoms with E-state index in [1.807, 2.05) is 0 Å². The second kappa shape index (κ2) is 6.41. The van der Waals surface area contributed by atoms with Crippen LogP contribution in [0.2, 0.25) is 0 Å². The maximum atomic E-state index is 5.90. The Morgan fingerprint density at radius 1 is 1.44 bits per heavy atom. The molecule has 1 atom stereocenters. The Kier molecular flexibility index (Phi) is 5.45. The van der Waals surface area contributed by atoms with Gasteiger partial charge in [0, 0.05) is 24.7 Å². The van der Waals surface area contributed by atoms with E-state index in [9.17, 15) is 0 Å². The largest absolute Gasteiger partial charge is 0.370 e. The van der Waals surface area contributed by atoms with Crippen LogP contribution in [0.4, 0.5) is 0 Å². The van der Waals surface area contributed by atoms with Crippen molar-refractivity contribution in [2.75, 3.05) is 19.6 Å². The minimum Gasteiger partial charge on any atom is -0.370 e. The van der Waals surface area contributed by atoms with Crippen molar-refractivity contribution < 1.29 is 0 Å². The third-order valence-electron chi connectivity index (χ3n) is 3.30. The fourth-order valence-electron chi connectivity index (χ4n) is 2.37. The molecule has 1 saturated heterocycles. The summed E-state index contributed by atoms with van der Waals surface area (Å²) in [6, 6.07) is 0.641. The van der Waals surface area contributed by atoms with Crippen molar-refractivity contribution in [1.82, 2.24) is 10.2 Å². The summed E-state index contributed by atoms with van der Waals surface area (Å²) in [4.78, 5) is 7.02. The highest BCUT2D eigenvalue weighted by Gasteiger charge is 2.21. The number of hydrogen-bond acceptors (Lipinski definition) is 2. The molecule has 0 saturated carbocycles. The lowest BCUT2D eigenvalue weighted by Gasteiger charge is -2.34. The first-order valence-corrected chi connectivity index (χ1v) is 7.10. The predicted octanol–water partition coefficient (Wildman–Crippen LogP) is 1.81. The molecular weight excluding hydrogens is 224 g/mol. The third-order valence-corrected chi connectivity index (χ3v) is 3.30. The molecular formula is C14H30N4. The number of guanidine groups is 1. The van der Waals surface area contributed by atoms with Gasteiger partial charge in [0.25, 0.3) is 0 Å². The first kappa shape index (κ1) is 15.3. The Balaban J connectivity index is 2.40. The fraction of sp³-hybridized carbons (Fsp3) is 0.929. The molecule has 4 heteroatoms. The molecule has 4 nitrogen and oxygen atoms in total. The molecule has 0 aromatic heterocycles. The average molecular weight is 254 g/mol. The van der Waals surface area contributed by atoms with Gasteiger partial charge in [-0.2, -0.15) is 0 Å². The van der Waals surface area contributed by atoms with Crippen LogP contribution in [-0.2, 0) is 0 Å². The first-order valence-electron chi connectivity index (χ1n) is 7.10. The predicted molar refractivity (Wildman–Crippen MR) is 78.8 cm³/mol. The molecule has 0 aromatic rings. The first-order chi connectivity index (χ1) is 8.28. The van der Waals surface area contributed by atoms with Gasteiger partial charge in [0.2, 0.25) is 0 Å². The second-order valence-corrected chi connectivity index (χ2v) is 6.70. The highest BCUT2D eigenvalue weighted by atomic mass is 15.2. The Labute approximate surface area is 112 Å². The molecule has 3 N–H and O–H groups in total. The summed E-state index contributed by atoms with van der Waals surface area (Å²) >= 11 is 0. The van der Waals surface area contributed by atoms with Crippen LogP contribution in [0.1, 0.15) is 47.5 Å². The number of piperidine rings is 1. The lowest BCUT2D eigenvalue weighted by atomic mass is 9.97.